The van der Waals surface area contributed by atoms with Crippen LogP contribution >= 0.6 is 11.8 Å². The molecule has 2 aromatic rings. The Morgan fingerprint density at radius 2 is 1.83 bits per heavy atom. The maximum absolute atomic E-state index is 13.1. The topological polar surface area (TPSA) is 51.1 Å². The van der Waals surface area contributed by atoms with E-state index in [0.29, 0.717) is 36.3 Å². The second-order valence-corrected chi connectivity index (χ2v) is 8.56. The highest BCUT2D eigenvalue weighted by atomic mass is 32.2. The van der Waals surface area contributed by atoms with Crippen LogP contribution in [0.3, 0.4) is 0 Å². The first kappa shape index (κ1) is 19.6. The van der Waals surface area contributed by atoms with Crippen LogP contribution in [-0.4, -0.2) is 35.7 Å². The number of hydrogen-bond donors (Lipinski definition) is 0. The number of fused-ring (bicyclic) bond motifs is 1. The fourth-order valence-electron chi connectivity index (χ4n) is 3.15. The molecule has 0 spiro atoms. The number of amidine groups is 1. The molecule has 6 heteroatoms. The fourth-order valence-corrected chi connectivity index (χ4v) is 4.16. The van der Waals surface area contributed by atoms with Gasteiger partial charge in [0.05, 0.1) is 10.6 Å². The number of aryl methyl sites for hydroxylation is 1. The molecule has 1 saturated heterocycles. The normalized spacial score (nSPS) is 18.9. The predicted octanol–water partition coefficient (Wildman–Crippen LogP) is 5.03. The summed E-state index contributed by atoms with van der Waals surface area (Å²) in [6.07, 6.45) is 1.90. The Balaban J connectivity index is 1.65. The number of carbonyl (C=O) groups excluding carboxylic acids is 1. The highest BCUT2D eigenvalue weighted by Crippen LogP contribution is 2.36. The van der Waals surface area contributed by atoms with Gasteiger partial charge in [-0.25, -0.2) is 4.99 Å². The van der Waals surface area contributed by atoms with Gasteiger partial charge in [-0.05, 0) is 60.5 Å². The minimum atomic E-state index is -0.00977. The van der Waals surface area contributed by atoms with E-state index in [0.717, 1.165) is 22.2 Å². The zero-order chi connectivity index (χ0) is 20.4. The van der Waals surface area contributed by atoms with E-state index in [1.807, 2.05) is 55.5 Å². The zero-order valence-corrected chi connectivity index (χ0v) is 17.7. The zero-order valence-electron chi connectivity index (χ0n) is 16.8. The molecule has 4 rings (SSSR count). The van der Waals surface area contributed by atoms with E-state index in [4.69, 9.17) is 14.5 Å². The van der Waals surface area contributed by atoms with Crippen molar-refractivity contribution < 1.29 is 14.3 Å². The number of benzene rings is 2. The molecule has 0 saturated carbocycles. The summed E-state index contributed by atoms with van der Waals surface area (Å²) in [5.41, 5.74) is 2.94. The van der Waals surface area contributed by atoms with Crippen molar-refractivity contribution in [2.75, 3.05) is 19.8 Å². The Labute approximate surface area is 175 Å². The Morgan fingerprint density at radius 1 is 1.10 bits per heavy atom. The van der Waals surface area contributed by atoms with Crippen molar-refractivity contribution in [1.82, 2.24) is 4.90 Å². The van der Waals surface area contributed by atoms with Crippen LogP contribution in [0.4, 0.5) is 5.69 Å². The van der Waals surface area contributed by atoms with Gasteiger partial charge in [0.2, 0.25) is 0 Å². The van der Waals surface area contributed by atoms with Gasteiger partial charge in [0.15, 0.2) is 16.7 Å². The van der Waals surface area contributed by atoms with E-state index in [9.17, 15) is 4.79 Å². The van der Waals surface area contributed by atoms with Crippen LogP contribution in [0.15, 0.2) is 52.4 Å². The lowest BCUT2D eigenvalue weighted by Gasteiger charge is -2.18. The lowest BCUT2D eigenvalue weighted by atomic mass is 10.1. The first-order chi connectivity index (χ1) is 14.0. The average Bonchev–Trinajstić information content (AvgIpc) is 2.98. The summed E-state index contributed by atoms with van der Waals surface area (Å²) in [7, 11) is 0. The molecule has 0 atom stereocenters. The molecule has 5 nitrogen and oxygen atoms in total. The van der Waals surface area contributed by atoms with Gasteiger partial charge in [-0.1, -0.05) is 37.6 Å². The Kier molecular flexibility index (Phi) is 5.62. The van der Waals surface area contributed by atoms with Crippen LogP contribution in [0.1, 0.15) is 25.0 Å². The van der Waals surface area contributed by atoms with Gasteiger partial charge in [-0.15, -0.1) is 0 Å². The van der Waals surface area contributed by atoms with Crippen LogP contribution in [-0.2, 0) is 4.79 Å². The minimum Gasteiger partial charge on any atom is -0.486 e. The van der Waals surface area contributed by atoms with Gasteiger partial charge in [0, 0.05) is 6.54 Å². The average molecular weight is 409 g/mol. The van der Waals surface area contributed by atoms with Gasteiger partial charge >= 0.3 is 0 Å². The van der Waals surface area contributed by atoms with Crippen molar-refractivity contribution in [2.24, 2.45) is 10.9 Å². The second-order valence-electron chi connectivity index (χ2n) is 7.55. The minimum absolute atomic E-state index is 0.00977. The van der Waals surface area contributed by atoms with Crippen molar-refractivity contribution in [3.05, 3.63) is 58.5 Å². The van der Waals surface area contributed by atoms with E-state index in [1.54, 1.807) is 4.90 Å². The van der Waals surface area contributed by atoms with E-state index >= 15 is 0 Å². The molecule has 150 valence electrons. The molecule has 0 aliphatic carbocycles. The molecule has 0 radical (unpaired) electrons. The van der Waals surface area contributed by atoms with Crippen LogP contribution in [0, 0.1) is 12.8 Å². The Bertz CT molecular complexity index is 980. The molecule has 0 bridgehead atoms. The SMILES string of the molecule is Cc1ccc(/N=C2\S/C(=C\c3ccc4c(c3)OCCO4)C(=O)N2CC(C)C)cc1. The van der Waals surface area contributed by atoms with Crippen molar-refractivity contribution in [1.29, 1.82) is 0 Å². The number of hydrogen-bond acceptors (Lipinski definition) is 5. The number of amides is 1. The van der Waals surface area contributed by atoms with Crippen LogP contribution in [0.2, 0.25) is 0 Å². The predicted molar refractivity (Wildman–Crippen MR) is 118 cm³/mol. The Morgan fingerprint density at radius 3 is 2.55 bits per heavy atom. The molecule has 0 aromatic heterocycles. The smallest absolute Gasteiger partial charge is 0.266 e. The summed E-state index contributed by atoms with van der Waals surface area (Å²) in [6, 6.07) is 13.7. The van der Waals surface area contributed by atoms with E-state index < -0.39 is 0 Å². The monoisotopic (exact) mass is 408 g/mol. The Hall–Kier alpha value is -2.73. The molecule has 29 heavy (non-hydrogen) atoms. The summed E-state index contributed by atoms with van der Waals surface area (Å²) >= 11 is 1.42. The maximum Gasteiger partial charge on any atom is 0.266 e. The van der Waals surface area contributed by atoms with Crippen LogP contribution in [0.25, 0.3) is 6.08 Å². The number of aliphatic imine (C=N–C) groups is 1. The maximum atomic E-state index is 13.1. The first-order valence-corrected chi connectivity index (χ1v) is 10.6. The summed E-state index contributed by atoms with van der Waals surface area (Å²) in [6.45, 7) is 7.98. The quantitative estimate of drug-likeness (QED) is 0.666. The van der Waals surface area contributed by atoms with Crippen molar-refractivity contribution in [3.63, 3.8) is 0 Å². The number of nitrogens with zero attached hydrogens (tertiary/aromatic N) is 2. The summed E-state index contributed by atoms with van der Waals surface area (Å²) < 4.78 is 11.2. The van der Waals surface area contributed by atoms with Gasteiger partial charge in [-0.3, -0.25) is 9.69 Å². The molecule has 1 amide bonds. The highest BCUT2D eigenvalue weighted by molar-refractivity contribution is 8.18. The van der Waals surface area contributed by atoms with E-state index in [2.05, 4.69) is 13.8 Å². The van der Waals surface area contributed by atoms with Gasteiger partial charge in [-0.2, -0.15) is 0 Å². The third-order valence-electron chi connectivity index (χ3n) is 4.56. The van der Waals surface area contributed by atoms with Gasteiger partial charge < -0.3 is 9.47 Å². The van der Waals surface area contributed by atoms with Gasteiger partial charge in [0.1, 0.15) is 13.2 Å². The second kappa shape index (κ2) is 8.33. The number of carbonyl (C=O) groups is 1. The molecular formula is C23H24N2O3S. The van der Waals surface area contributed by atoms with Crippen molar-refractivity contribution >= 4 is 34.6 Å². The number of ether oxygens (including phenoxy) is 2. The third-order valence-corrected chi connectivity index (χ3v) is 5.57. The standard InChI is InChI=1S/C23H24N2O3S/c1-15(2)14-25-22(26)21(29-23(25)24-18-7-4-16(3)5-8-18)13-17-6-9-19-20(12-17)28-11-10-27-19/h4-9,12-13,15H,10-11,14H2,1-3H3/b21-13-,24-23-. The molecular weight excluding hydrogens is 384 g/mol. The number of rotatable bonds is 4. The molecule has 2 heterocycles. The van der Waals surface area contributed by atoms with Gasteiger partial charge in [0.25, 0.3) is 5.91 Å². The fraction of sp³-hybridized carbons (Fsp3) is 0.304. The first-order valence-electron chi connectivity index (χ1n) is 9.76. The van der Waals surface area contributed by atoms with Crippen molar-refractivity contribution in [3.8, 4) is 11.5 Å². The van der Waals surface area contributed by atoms with Crippen molar-refractivity contribution in [2.45, 2.75) is 20.8 Å². The molecule has 2 aromatic carbocycles. The molecule has 2 aliphatic rings. The molecule has 1 fully saturated rings. The number of thioether (sulfide) groups is 1. The third kappa shape index (κ3) is 4.48. The summed E-state index contributed by atoms with van der Waals surface area (Å²) in [4.78, 5) is 20.3. The van der Waals surface area contributed by atoms with Crippen LogP contribution < -0.4 is 9.47 Å². The summed E-state index contributed by atoms with van der Waals surface area (Å²) in [5, 5.41) is 0.719. The molecule has 2 aliphatic heterocycles. The van der Waals surface area contributed by atoms with E-state index in [-0.39, 0.29) is 5.91 Å². The highest BCUT2D eigenvalue weighted by Gasteiger charge is 2.33. The summed E-state index contributed by atoms with van der Waals surface area (Å²) in [5.74, 6) is 1.79. The largest absolute Gasteiger partial charge is 0.486 e. The molecule has 0 unspecified atom stereocenters. The van der Waals surface area contributed by atoms with E-state index in [1.165, 1.54) is 17.3 Å². The molecule has 0 N–H and O–H groups in total. The van der Waals surface area contributed by atoms with Crippen LogP contribution in [0.5, 0.6) is 11.5 Å². The lowest BCUT2D eigenvalue weighted by Crippen LogP contribution is -2.32. The lowest BCUT2D eigenvalue weighted by molar-refractivity contribution is -0.122.